The van der Waals surface area contributed by atoms with Crippen LogP contribution in [0.15, 0.2) is 66.9 Å². The van der Waals surface area contributed by atoms with E-state index in [2.05, 4.69) is 15.6 Å². The SMILES string of the molecule is O=C(NCCc1ccccc1F)NCc1ccc(Oc2ccc(F)cc2)nc1. The van der Waals surface area contributed by atoms with Gasteiger partial charge in [0.1, 0.15) is 17.4 Å². The summed E-state index contributed by atoms with van der Waals surface area (Å²) in [6, 6.07) is 15.2. The Bertz CT molecular complexity index is 916. The number of hydrogen-bond acceptors (Lipinski definition) is 3. The number of pyridine rings is 1. The fourth-order valence-corrected chi connectivity index (χ4v) is 2.46. The Morgan fingerprint density at radius 2 is 1.75 bits per heavy atom. The highest BCUT2D eigenvalue weighted by Crippen LogP contribution is 2.19. The summed E-state index contributed by atoms with van der Waals surface area (Å²) < 4.78 is 31.9. The van der Waals surface area contributed by atoms with Gasteiger partial charge in [-0.05, 0) is 47.9 Å². The highest BCUT2D eigenvalue weighted by Gasteiger charge is 2.04. The molecule has 0 radical (unpaired) electrons. The molecule has 1 aromatic heterocycles. The van der Waals surface area contributed by atoms with Crippen LogP contribution in [0.25, 0.3) is 0 Å². The molecule has 5 nitrogen and oxygen atoms in total. The van der Waals surface area contributed by atoms with Crippen molar-refractivity contribution in [2.75, 3.05) is 6.54 Å². The molecular weight excluding hydrogens is 364 g/mol. The van der Waals surface area contributed by atoms with E-state index in [4.69, 9.17) is 4.74 Å². The average molecular weight is 383 g/mol. The van der Waals surface area contributed by atoms with Gasteiger partial charge in [-0.1, -0.05) is 24.3 Å². The van der Waals surface area contributed by atoms with Crippen LogP contribution in [0.5, 0.6) is 11.6 Å². The summed E-state index contributed by atoms with van der Waals surface area (Å²) in [6.45, 7) is 0.616. The van der Waals surface area contributed by atoms with Crippen LogP contribution in [0.1, 0.15) is 11.1 Å². The molecule has 1 heterocycles. The molecule has 2 N–H and O–H groups in total. The predicted octanol–water partition coefficient (Wildman–Crippen LogP) is 4.19. The fourth-order valence-electron chi connectivity index (χ4n) is 2.46. The molecule has 3 aromatic rings. The molecule has 0 atom stereocenters. The second-order valence-electron chi connectivity index (χ2n) is 6.01. The zero-order valence-electron chi connectivity index (χ0n) is 15.0. The standard InChI is InChI=1S/C21H19F2N3O2/c22-17-6-8-18(9-7-17)28-20-10-5-15(13-25-20)14-26-21(27)24-12-11-16-3-1-2-4-19(16)23/h1-10,13H,11-12,14H2,(H2,24,26,27). The molecule has 144 valence electrons. The van der Waals surface area contributed by atoms with Crippen LogP contribution in [-0.4, -0.2) is 17.6 Å². The number of benzene rings is 2. The van der Waals surface area contributed by atoms with Crippen LogP contribution in [0.2, 0.25) is 0 Å². The van der Waals surface area contributed by atoms with E-state index in [-0.39, 0.29) is 24.2 Å². The van der Waals surface area contributed by atoms with Crippen LogP contribution >= 0.6 is 0 Å². The zero-order chi connectivity index (χ0) is 19.8. The van der Waals surface area contributed by atoms with Gasteiger partial charge in [0.05, 0.1) is 0 Å². The van der Waals surface area contributed by atoms with Gasteiger partial charge in [0.25, 0.3) is 0 Å². The largest absolute Gasteiger partial charge is 0.439 e. The van der Waals surface area contributed by atoms with Crippen molar-refractivity contribution < 1.29 is 18.3 Å². The summed E-state index contributed by atoms with van der Waals surface area (Å²) >= 11 is 0. The third-order valence-electron chi connectivity index (χ3n) is 3.92. The van der Waals surface area contributed by atoms with Crippen molar-refractivity contribution in [1.82, 2.24) is 15.6 Å². The van der Waals surface area contributed by atoms with E-state index in [0.717, 1.165) is 5.56 Å². The average Bonchev–Trinajstić information content (AvgIpc) is 2.71. The summed E-state index contributed by atoms with van der Waals surface area (Å²) in [5.41, 5.74) is 1.35. The van der Waals surface area contributed by atoms with Gasteiger partial charge in [-0.2, -0.15) is 0 Å². The summed E-state index contributed by atoms with van der Waals surface area (Å²) in [5, 5.41) is 5.39. The maximum atomic E-state index is 13.5. The number of rotatable bonds is 7. The summed E-state index contributed by atoms with van der Waals surface area (Å²) in [4.78, 5) is 16.0. The minimum Gasteiger partial charge on any atom is -0.439 e. The molecule has 3 rings (SSSR count). The van der Waals surface area contributed by atoms with Crippen molar-refractivity contribution in [1.29, 1.82) is 0 Å². The van der Waals surface area contributed by atoms with Gasteiger partial charge in [0.2, 0.25) is 5.88 Å². The minimum atomic E-state index is -0.344. The Morgan fingerprint density at radius 3 is 2.46 bits per heavy atom. The molecule has 0 fully saturated rings. The number of carbonyl (C=O) groups is 1. The Hall–Kier alpha value is -3.48. The van der Waals surface area contributed by atoms with Crippen LogP contribution in [0.3, 0.4) is 0 Å². The van der Waals surface area contributed by atoms with E-state index in [9.17, 15) is 13.6 Å². The first-order valence-corrected chi connectivity index (χ1v) is 8.73. The number of ether oxygens (including phenoxy) is 1. The maximum Gasteiger partial charge on any atom is 0.315 e. The number of aromatic nitrogens is 1. The monoisotopic (exact) mass is 383 g/mol. The number of urea groups is 1. The van der Waals surface area contributed by atoms with Crippen molar-refractivity contribution in [2.24, 2.45) is 0 Å². The number of nitrogens with zero attached hydrogens (tertiary/aromatic N) is 1. The van der Waals surface area contributed by atoms with E-state index in [1.54, 1.807) is 36.5 Å². The van der Waals surface area contributed by atoms with Crippen LogP contribution in [-0.2, 0) is 13.0 Å². The number of amides is 2. The molecule has 0 saturated carbocycles. The molecule has 2 aromatic carbocycles. The number of hydrogen-bond donors (Lipinski definition) is 2. The van der Waals surface area contributed by atoms with Crippen molar-refractivity contribution in [2.45, 2.75) is 13.0 Å². The molecule has 0 aliphatic carbocycles. The first kappa shape index (κ1) is 19.3. The third kappa shape index (κ3) is 5.77. The molecule has 7 heteroatoms. The minimum absolute atomic E-state index is 0.279. The zero-order valence-corrected chi connectivity index (χ0v) is 15.0. The van der Waals surface area contributed by atoms with E-state index in [1.165, 1.54) is 30.3 Å². The quantitative estimate of drug-likeness (QED) is 0.643. The molecule has 28 heavy (non-hydrogen) atoms. The Balaban J connectivity index is 1.41. The predicted molar refractivity (Wildman–Crippen MR) is 101 cm³/mol. The third-order valence-corrected chi connectivity index (χ3v) is 3.92. The molecular formula is C21H19F2N3O2. The second kappa shape index (κ2) is 9.45. The lowest BCUT2D eigenvalue weighted by Gasteiger charge is -2.09. The number of halogens is 2. The van der Waals surface area contributed by atoms with Crippen LogP contribution in [0.4, 0.5) is 13.6 Å². The molecule has 2 amide bonds. The highest BCUT2D eigenvalue weighted by atomic mass is 19.1. The van der Waals surface area contributed by atoms with Crippen molar-refractivity contribution >= 4 is 6.03 Å². The van der Waals surface area contributed by atoms with Crippen molar-refractivity contribution in [3.8, 4) is 11.6 Å². The molecule has 0 aliphatic rings. The van der Waals surface area contributed by atoms with Gasteiger partial charge in [0.15, 0.2) is 0 Å². The lowest BCUT2D eigenvalue weighted by molar-refractivity contribution is 0.240. The number of nitrogens with one attached hydrogen (secondary N) is 2. The normalized spacial score (nSPS) is 10.4. The topological polar surface area (TPSA) is 63.2 Å². The van der Waals surface area contributed by atoms with E-state index < -0.39 is 0 Å². The lowest BCUT2D eigenvalue weighted by Crippen LogP contribution is -2.36. The molecule has 0 saturated heterocycles. The van der Waals surface area contributed by atoms with Gasteiger partial charge in [0, 0.05) is 25.4 Å². The van der Waals surface area contributed by atoms with Crippen molar-refractivity contribution in [3.05, 3.63) is 89.6 Å². The first-order chi connectivity index (χ1) is 13.6. The van der Waals surface area contributed by atoms with Gasteiger partial charge in [-0.25, -0.2) is 18.6 Å². The van der Waals surface area contributed by atoms with Crippen LogP contribution < -0.4 is 15.4 Å². The Morgan fingerprint density at radius 1 is 0.964 bits per heavy atom. The Kier molecular flexibility index (Phi) is 6.51. The molecule has 0 aliphatic heterocycles. The molecule has 0 spiro atoms. The van der Waals surface area contributed by atoms with Gasteiger partial charge in [-0.3, -0.25) is 0 Å². The first-order valence-electron chi connectivity index (χ1n) is 8.73. The highest BCUT2D eigenvalue weighted by molar-refractivity contribution is 5.73. The Labute approximate surface area is 161 Å². The summed E-state index contributed by atoms with van der Waals surface area (Å²) in [5.74, 6) is 0.228. The van der Waals surface area contributed by atoms with Gasteiger partial charge in [-0.15, -0.1) is 0 Å². The fraction of sp³-hybridized carbons (Fsp3) is 0.143. The smallest absolute Gasteiger partial charge is 0.315 e. The van der Waals surface area contributed by atoms with Gasteiger partial charge < -0.3 is 15.4 Å². The summed E-state index contributed by atoms with van der Waals surface area (Å²) in [6.07, 6.45) is 2.00. The van der Waals surface area contributed by atoms with E-state index >= 15 is 0 Å². The second-order valence-corrected chi connectivity index (χ2v) is 6.01. The maximum absolute atomic E-state index is 13.5. The van der Waals surface area contributed by atoms with Gasteiger partial charge >= 0.3 is 6.03 Å². The van der Waals surface area contributed by atoms with E-state index in [1.807, 2.05) is 0 Å². The molecule has 0 bridgehead atoms. The van der Waals surface area contributed by atoms with E-state index in [0.29, 0.717) is 30.2 Å². The molecule has 0 unspecified atom stereocenters. The van der Waals surface area contributed by atoms with Crippen LogP contribution in [0, 0.1) is 11.6 Å². The van der Waals surface area contributed by atoms with Crippen molar-refractivity contribution in [3.63, 3.8) is 0 Å². The summed E-state index contributed by atoms with van der Waals surface area (Å²) in [7, 11) is 0. The number of carbonyl (C=O) groups excluding carboxylic acids is 1. The lowest BCUT2D eigenvalue weighted by atomic mass is 10.1.